The van der Waals surface area contributed by atoms with Crippen molar-refractivity contribution >= 4 is 23.6 Å². The average molecular weight is 389 g/mol. The number of nitrogens with one attached hydrogen (secondary N) is 3. The van der Waals surface area contributed by atoms with Crippen LogP contribution in [0, 0.1) is 5.41 Å². The van der Waals surface area contributed by atoms with Crippen LogP contribution in [0.25, 0.3) is 6.08 Å². The van der Waals surface area contributed by atoms with Gasteiger partial charge in [0.2, 0.25) is 5.91 Å². The quantitative estimate of drug-likeness (QED) is 0.555. The number of imidazole rings is 1. The van der Waals surface area contributed by atoms with Crippen molar-refractivity contribution in [2.75, 3.05) is 5.32 Å². The molecule has 0 aliphatic carbocycles. The number of hydrogen-bond acceptors (Lipinski definition) is 4. The smallest absolute Gasteiger partial charge is 0.272 e. The number of allylic oxidation sites excluding steroid dienone is 1. The minimum Gasteiger partial charge on any atom is -0.364 e. The van der Waals surface area contributed by atoms with Crippen molar-refractivity contribution in [1.82, 2.24) is 20.2 Å². The third kappa shape index (κ3) is 2.21. The van der Waals surface area contributed by atoms with E-state index >= 15 is 0 Å². The second kappa shape index (κ2) is 5.83. The number of aromatic nitrogens is 2. The van der Waals surface area contributed by atoms with Gasteiger partial charge in [-0.25, -0.2) is 4.98 Å². The largest absolute Gasteiger partial charge is 0.364 e. The zero-order chi connectivity index (χ0) is 20.4. The summed E-state index contributed by atoms with van der Waals surface area (Å²) in [5.74, 6) is -0.362. The molecule has 1 aromatic heterocycles. The van der Waals surface area contributed by atoms with Crippen LogP contribution in [0.15, 0.2) is 55.1 Å². The lowest BCUT2D eigenvalue weighted by Gasteiger charge is -2.43. The molecule has 1 aromatic carbocycles. The van der Waals surface area contributed by atoms with E-state index in [9.17, 15) is 9.59 Å². The molecule has 0 saturated carbocycles. The summed E-state index contributed by atoms with van der Waals surface area (Å²) in [6, 6.07) is 7.57. The van der Waals surface area contributed by atoms with Gasteiger partial charge >= 0.3 is 0 Å². The van der Waals surface area contributed by atoms with Crippen LogP contribution in [0.4, 0.5) is 5.69 Å². The van der Waals surface area contributed by atoms with Crippen LogP contribution in [0.2, 0.25) is 0 Å². The summed E-state index contributed by atoms with van der Waals surface area (Å²) in [6.07, 6.45) is 6.91. The number of para-hydroxylation sites is 1. The topological polar surface area (TPSA) is 90.1 Å². The van der Waals surface area contributed by atoms with Gasteiger partial charge in [0.15, 0.2) is 0 Å². The summed E-state index contributed by atoms with van der Waals surface area (Å²) in [5.41, 5.74) is 2.24. The third-order valence-electron chi connectivity index (χ3n) is 6.80. The van der Waals surface area contributed by atoms with Crippen LogP contribution in [-0.2, 0) is 15.0 Å². The maximum Gasteiger partial charge on any atom is 0.272 e. The van der Waals surface area contributed by atoms with Crippen molar-refractivity contribution in [1.29, 1.82) is 0 Å². The predicted molar refractivity (Wildman–Crippen MR) is 109 cm³/mol. The highest BCUT2D eigenvalue weighted by molar-refractivity contribution is 6.08. The Bertz CT molecular complexity index is 1050. The molecule has 2 saturated heterocycles. The van der Waals surface area contributed by atoms with Crippen molar-refractivity contribution in [3.8, 4) is 0 Å². The van der Waals surface area contributed by atoms with Gasteiger partial charge in [-0.15, -0.1) is 6.58 Å². The zero-order valence-electron chi connectivity index (χ0n) is 16.4. The minimum atomic E-state index is -0.536. The Morgan fingerprint density at radius 3 is 2.83 bits per heavy atom. The molecular formula is C22H23N5O2. The average Bonchev–Trinajstić information content (AvgIpc) is 3.40. The highest BCUT2D eigenvalue weighted by Gasteiger charge is 2.66. The van der Waals surface area contributed by atoms with Gasteiger partial charge in [0.05, 0.1) is 18.2 Å². The SMILES string of the molecule is C=CC(C)(C)[C@]12C[C@H]3C(=O)N/C(=C\c4cnc[nH]4)C(=O)N3C1Nc1ccccc12. The van der Waals surface area contributed by atoms with E-state index in [1.807, 2.05) is 24.3 Å². The molecule has 0 bridgehead atoms. The molecule has 4 heterocycles. The molecular weight excluding hydrogens is 366 g/mol. The number of aromatic amines is 1. The van der Waals surface area contributed by atoms with Crippen LogP contribution in [0.5, 0.6) is 0 Å². The number of anilines is 1. The fourth-order valence-corrected chi connectivity index (χ4v) is 5.16. The summed E-state index contributed by atoms with van der Waals surface area (Å²) in [4.78, 5) is 35.1. The predicted octanol–water partition coefficient (Wildman–Crippen LogP) is 2.38. The van der Waals surface area contributed by atoms with Gasteiger partial charge in [0.1, 0.15) is 17.9 Å². The zero-order valence-corrected chi connectivity index (χ0v) is 16.4. The van der Waals surface area contributed by atoms with Crippen LogP contribution >= 0.6 is 0 Å². The second-order valence-corrected chi connectivity index (χ2v) is 8.48. The highest BCUT2D eigenvalue weighted by atomic mass is 16.2. The van der Waals surface area contributed by atoms with Gasteiger partial charge in [-0.1, -0.05) is 38.1 Å². The number of H-pyrrole nitrogens is 1. The summed E-state index contributed by atoms with van der Waals surface area (Å²) in [7, 11) is 0. The van der Waals surface area contributed by atoms with Gasteiger partial charge < -0.3 is 20.5 Å². The van der Waals surface area contributed by atoms with Crippen LogP contribution in [0.1, 0.15) is 31.5 Å². The first-order chi connectivity index (χ1) is 13.9. The van der Waals surface area contributed by atoms with Crippen LogP contribution in [-0.4, -0.2) is 38.9 Å². The Labute approximate surface area is 168 Å². The molecule has 1 unspecified atom stereocenters. The van der Waals surface area contributed by atoms with Crippen molar-refractivity contribution in [2.45, 2.75) is 37.9 Å². The fraction of sp³-hybridized carbons (Fsp3) is 0.318. The molecule has 3 aliphatic heterocycles. The van der Waals surface area contributed by atoms with Crippen LogP contribution in [0.3, 0.4) is 0 Å². The summed E-state index contributed by atoms with van der Waals surface area (Å²) < 4.78 is 0. The molecule has 3 N–H and O–H groups in total. The van der Waals surface area contributed by atoms with E-state index in [2.05, 4.69) is 47.1 Å². The monoisotopic (exact) mass is 389 g/mol. The summed E-state index contributed by atoms with van der Waals surface area (Å²) >= 11 is 0. The van der Waals surface area contributed by atoms with Gasteiger partial charge in [0.25, 0.3) is 5.91 Å². The van der Waals surface area contributed by atoms with Gasteiger partial charge in [-0.05, 0) is 29.5 Å². The Kier molecular flexibility index (Phi) is 3.56. The lowest BCUT2D eigenvalue weighted by atomic mass is 9.60. The number of nitrogens with zero attached hydrogens (tertiary/aromatic N) is 2. The second-order valence-electron chi connectivity index (χ2n) is 8.48. The molecule has 2 aromatic rings. The summed E-state index contributed by atoms with van der Waals surface area (Å²) in [6.45, 7) is 8.32. The standard InChI is InChI=1S/C22H23N5O2/c1-4-21(2,3)22-10-17-18(28)25-16(9-13-11-23-12-24-13)19(29)27(17)20(22)26-15-8-6-5-7-14(15)22/h4-9,11-12,17,20,26H,1,10H2,2-3H3,(H,23,24)(H,25,28)/b16-9-/t17-,20?,22-/m0/s1. The van der Waals surface area contributed by atoms with Gasteiger partial charge in [-0.2, -0.15) is 0 Å². The Morgan fingerprint density at radius 2 is 2.10 bits per heavy atom. The van der Waals surface area contributed by atoms with E-state index in [-0.39, 0.29) is 29.1 Å². The number of amides is 2. The third-order valence-corrected chi connectivity index (χ3v) is 6.80. The Hall–Kier alpha value is -3.35. The summed E-state index contributed by atoms with van der Waals surface area (Å²) in [5, 5.41) is 6.34. The number of benzene rings is 1. The first-order valence-electron chi connectivity index (χ1n) is 9.72. The maximum atomic E-state index is 13.5. The van der Waals surface area contributed by atoms with Crippen molar-refractivity contribution in [3.63, 3.8) is 0 Å². The molecule has 2 fully saturated rings. The highest BCUT2D eigenvalue weighted by Crippen LogP contribution is 2.60. The molecule has 3 aliphatic rings. The van der Waals surface area contributed by atoms with E-state index in [1.54, 1.807) is 17.2 Å². The first kappa shape index (κ1) is 17.7. The molecule has 5 rings (SSSR count). The van der Waals surface area contributed by atoms with E-state index < -0.39 is 11.5 Å². The molecule has 3 atom stereocenters. The number of carbonyl (C=O) groups excluding carboxylic acids is 2. The van der Waals surface area contributed by atoms with E-state index in [0.29, 0.717) is 12.1 Å². The number of piperazine rings is 1. The van der Waals surface area contributed by atoms with E-state index in [0.717, 1.165) is 11.3 Å². The molecule has 7 heteroatoms. The van der Waals surface area contributed by atoms with E-state index in [1.165, 1.54) is 6.33 Å². The number of carbonyl (C=O) groups is 2. The molecule has 29 heavy (non-hydrogen) atoms. The molecule has 0 radical (unpaired) electrons. The Morgan fingerprint density at radius 1 is 1.31 bits per heavy atom. The van der Waals surface area contributed by atoms with Crippen molar-refractivity contribution in [3.05, 3.63) is 66.4 Å². The van der Waals surface area contributed by atoms with Crippen LogP contribution < -0.4 is 10.6 Å². The lowest BCUT2D eigenvalue weighted by molar-refractivity contribution is -0.141. The normalized spacial score (nSPS) is 29.2. The number of hydrogen-bond donors (Lipinski definition) is 3. The number of rotatable bonds is 3. The molecule has 148 valence electrons. The molecule has 0 spiro atoms. The van der Waals surface area contributed by atoms with E-state index in [4.69, 9.17) is 0 Å². The van der Waals surface area contributed by atoms with Gasteiger partial charge in [-0.3, -0.25) is 9.59 Å². The van der Waals surface area contributed by atoms with Crippen molar-refractivity contribution < 1.29 is 9.59 Å². The van der Waals surface area contributed by atoms with Gasteiger partial charge in [0, 0.05) is 11.1 Å². The number of fused-ring (bicyclic) bond motifs is 5. The fourth-order valence-electron chi connectivity index (χ4n) is 5.16. The minimum absolute atomic E-state index is 0.164. The lowest BCUT2D eigenvalue weighted by Crippen LogP contribution is -2.59. The Balaban J connectivity index is 1.65. The van der Waals surface area contributed by atoms with Crippen molar-refractivity contribution in [2.24, 2.45) is 5.41 Å². The first-order valence-corrected chi connectivity index (χ1v) is 9.72. The maximum absolute atomic E-state index is 13.5. The molecule has 2 amide bonds. The molecule has 7 nitrogen and oxygen atoms in total.